The van der Waals surface area contributed by atoms with Crippen LogP contribution in [-0.2, 0) is 4.79 Å². The fourth-order valence-corrected chi connectivity index (χ4v) is 0. The highest BCUT2D eigenvalue weighted by molar-refractivity contribution is 9.09. The van der Waals surface area contributed by atoms with Gasteiger partial charge in [-0.05, 0) is 0 Å². The van der Waals surface area contributed by atoms with Crippen LogP contribution in [0.4, 0.5) is 0 Å². The van der Waals surface area contributed by atoms with Gasteiger partial charge in [-0.3, -0.25) is 4.79 Å². The van der Waals surface area contributed by atoms with Crippen molar-refractivity contribution < 1.29 is 15.0 Å². The number of aliphatic hydroxyl groups is 1. The van der Waals surface area contributed by atoms with E-state index in [1.165, 1.54) is 0 Å². The van der Waals surface area contributed by atoms with E-state index in [2.05, 4.69) is 15.9 Å². The molecule has 0 aromatic heterocycles. The number of carbonyl (C=O) groups is 1. The Balaban J connectivity index is 0. The Morgan fingerprint density at radius 2 is 1.86 bits per heavy atom. The van der Waals surface area contributed by atoms with Crippen LogP contribution in [0.5, 0.6) is 0 Å². The van der Waals surface area contributed by atoms with Crippen molar-refractivity contribution in [3.8, 4) is 0 Å². The molecule has 0 saturated heterocycles. The molecular weight excluding hydrogens is 164 g/mol. The third-order valence-corrected chi connectivity index (χ3v) is 0.439. The van der Waals surface area contributed by atoms with Crippen molar-refractivity contribution >= 4 is 22.4 Å². The van der Waals surface area contributed by atoms with E-state index in [9.17, 15) is 0 Å². The van der Waals surface area contributed by atoms with Crippen LogP contribution in [0.15, 0.2) is 0 Å². The van der Waals surface area contributed by atoms with E-state index in [-0.39, 0.29) is 13.1 Å². The second kappa shape index (κ2) is 16.8. The number of rotatable bonds is 1. The van der Waals surface area contributed by atoms with Gasteiger partial charge in [-0.2, -0.15) is 0 Å². The fourth-order valence-electron chi connectivity index (χ4n) is 0. The summed E-state index contributed by atoms with van der Waals surface area (Å²) < 4.78 is 0. The molecule has 0 bridgehead atoms. The van der Waals surface area contributed by atoms with Crippen LogP contribution in [-0.4, -0.2) is 28.6 Å². The number of hydrogen-bond donors (Lipinski definition) is 2. The average Bonchev–Trinajstić information content (AvgIpc) is 1.69. The molecule has 0 aliphatic rings. The van der Waals surface area contributed by atoms with E-state index in [1.807, 2.05) is 0 Å². The van der Waals surface area contributed by atoms with Crippen molar-refractivity contribution in [1.29, 1.82) is 0 Å². The molecule has 0 atom stereocenters. The molecule has 0 aromatic carbocycles. The predicted molar refractivity (Wildman–Crippen MR) is 29.6 cm³/mol. The summed E-state index contributed by atoms with van der Waals surface area (Å²) >= 11 is 3.00. The van der Waals surface area contributed by atoms with Gasteiger partial charge in [-0.15, -0.1) is 0 Å². The maximum Gasteiger partial charge on any atom is 0.290 e. The van der Waals surface area contributed by atoms with Gasteiger partial charge in [0.25, 0.3) is 6.47 Å². The van der Waals surface area contributed by atoms with Gasteiger partial charge < -0.3 is 10.2 Å². The number of hydrogen-bond acceptors (Lipinski definition) is 2. The molecule has 0 heterocycles. The number of halogens is 1. The molecule has 0 fully saturated rings. The minimum absolute atomic E-state index is 0.236. The Morgan fingerprint density at radius 1 is 1.71 bits per heavy atom. The van der Waals surface area contributed by atoms with E-state index in [0.29, 0.717) is 5.33 Å². The maximum absolute atomic E-state index is 8.36. The fraction of sp³-hybridized carbons (Fsp3) is 0.667. The van der Waals surface area contributed by atoms with Crippen LogP contribution in [0.2, 0.25) is 0 Å². The normalized spacial score (nSPS) is 6.00. The summed E-state index contributed by atoms with van der Waals surface area (Å²) in [5.74, 6) is 0. The summed E-state index contributed by atoms with van der Waals surface area (Å²) in [6, 6.07) is 0. The first-order valence-electron chi connectivity index (χ1n) is 1.58. The first-order valence-corrected chi connectivity index (χ1v) is 2.70. The van der Waals surface area contributed by atoms with Crippen molar-refractivity contribution in [2.75, 3.05) is 11.9 Å². The van der Waals surface area contributed by atoms with E-state index in [4.69, 9.17) is 15.0 Å². The highest BCUT2D eigenvalue weighted by Crippen LogP contribution is 1.69. The van der Waals surface area contributed by atoms with Gasteiger partial charge in [0.05, 0.1) is 6.61 Å². The zero-order valence-electron chi connectivity index (χ0n) is 3.67. The summed E-state index contributed by atoms with van der Waals surface area (Å²) in [6.07, 6.45) is 0. The SMILES string of the molecule is O=CO.OCCBr. The van der Waals surface area contributed by atoms with Crippen LogP contribution >= 0.6 is 15.9 Å². The Morgan fingerprint density at radius 3 is 1.86 bits per heavy atom. The molecule has 2 N–H and O–H groups in total. The maximum atomic E-state index is 8.36. The summed E-state index contributed by atoms with van der Waals surface area (Å²) in [7, 11) is 0. The zero-order valence-corrected chi connectivity index (χ0v) is 5.26. The molecule has 3 nitrogen and oxygen atoms in total. The highest BCUT2D eigenvalue weighted by Gasteiger charge is 1.59. The molecule has 0 aromatic rings. The molecule has 7 heavy (non-hydrogen) atoms. The van der Waals surface area contributed by atoms with Crippen LogP contribution < -0.4 is 0 Å². The molecule has 0 rings (SSSR count). The van der Waals surface area contributed by atoms with E-state index in [0.717, 1.165) is 0 Å². The first-order chi connectivity index (χ1) is 3.33. The summed E-state index contributed by atoms with van der Waals surface area (Å²) in [5, 5.41) is 15.4. The molecule has 0 spiro atoms. The Bertz CT molecular complexity index is 29.4. The van der Waals surface area contributed by atoms with Gasteiger partial charge in [-0.25, -0.2) is 0 Å². The Labute approximate surface area is 50.1 Å². The van der Waals surface area contributed by atoms with Gasteiger partial charge in [-0.1, -0.05) is 15.9 Å². The van der Waals surface area contributed by atoms with Crippen molar-refractivity contribution in [1.82, 2.24) is 0 Å². The molecule has 0 amide bonds. The van der Waals surface area contributed by atoms with E-state index in [1.54, 1.807) is 0 Å². The Hall–Kier alpha value is -0.0900. The minimum Gasteiger partial charge on any atom is -0.483 e. The number of carboxylic acid groups (broad SMARTS) is 1. The van der Waals surface area contributed by atoms with Gasteiger partial charge in [0.1, 0.15) is 0 Å². The van der Waals surface area contributed by atoms with E-state index >= 15 is 0 Å². The van der Waals surface area contributed by atoms with Crippen LogP contribution in [0.25, 0.3) is 0 Å². The second-order valence-electron chi connectivity index (χ2n) is 0.518. The molecule has 0 saturated carbocycles. The van der Waals surface area contributed by atoms with Crippen LogP contribution in [0.3, 0.4) is 0 Å². The molecule has 0 aliphatic heterocycles. The van der Waals surface area contributed by atoms with Crippen LogP contribution in [0.1, 0.15) is 0 Å². The second-order valence-corrected chi connectivity index (χ2v) is 1.31. The standard InChI is InChI=1S/C2H5BrO.CH2O2/c3-1-2-4;2-1-3/h4H,1-2H2;1H,(H,2,3). The highest BCUT2D eigenvalue weighted by atomic mass is 79.9. The molecular formula is C3H7BrO3. The summed E-state index contributed by atoms with van der Waals surface area (Å²) in [6.45, 7) is -0.0139. The lowest BCUT2D eigenvalue weighted by molar-refractivity contribution is -0.122. The first kappa shape index (κ1) is 10.0. The monoisotopic (exact) mass is 170 g/mol. The largest absolute Gasteiger partial charge is 0.483 e. The molecule has 44 valence electrons. The molecule has 0 radical (unpaired) electrons. The third-order valence-electron chi connectivity index (χ3n) is 0.0845. The quantitative estimate of drug-likeness (QED) is 0.433. The van der Waals surface area contributed by atoms with Gasteiger partial charge in [0, 0.05) is 5.33 Å². The van der Waals surface area contributed by atoms with Crippen molar-refractivity contribution in [2.45, 2.75) is 0 Å². The lowest BCUT2D eigenvalue weighted by atomic mass is 10.9. The summed E-state index contributed by atoms with van der Waals surface area (Å²) in [4.78, 5) is 8.36. The van der Waals surface area contributed by atoms with Gasteiger partial charge in [0.15, 0.2) is 0 Å². The van der Waals surface area contributed by atoms with Crippen LogP contribution in [0, 0.1) is 0 Å². The smallest absolute Gasteiger partial charge is 0.290 e. The zero-order chi connectivity index (χ0) is 6.12. The third kappa shape index (κ3) is 109. The predicted octanol–water partition coefficient (Wildman–Crippen LogP) is 0.0744. The number of aliphatic hydroxyl groups excluding tert-OH is 1. The Kier molecular flexibility index (Phi) is 24.1. The average molecular weight is 171 g/mol. The topological polar surface area (TPSA) is 57.5 Å². The van der Waals surface area contributed by atoms with E-state index < -0.39 is 0 Å². The minimum atomic E-state index is -0.250. The lowest BCUT2D eigenvalue weighted by Crippen LogP contribution is -1.75. The molecule has 4 heteroatoms. The van der Waals surface area contributed by atoms with Gasteiger partial charge in [0.2, 0.25) is 0 Å². The lowest BCUT2D eigenvalue weighted by Gasteiger charge is -1.67. The molecule has 0 aliphatic carbocycles. The van der Waals surface area contributed by atoms with Gasteiger partial charge >= 0.3 is 0 Å². The number of alkyl halides is 1. The van der Waals surface area contributed by atoms with Crippen molar-refractivity contribution in [3.05, 3.63) is 0 Å². The summed E-state index contributed by atoms with van der Waals surface area (Å²) in [5.41, 5.74) is 0. The van der Waals surface area contributed by atoms with Crippen molar-refractivity contribution in [2.24, 2.45) is 0 Å². The van der Waals surface area contributed by atoms with Crippen molar-refractivity contribution in [3.63, 3.8) is 0 Å². The molecule has 0 unspecified atom stereocenters.